The zero-order valence-corrected chi connectivity index (χ0v) is 39.3. The van der Waals surface area contributed by atoms with Gasteiger partial charge < -0.3 is 47.7 Å². The quantitative estimate of drug-likeness (QED) is 0.0831. The van der Waals surface area contributed by atoms with E-state index in [0.717, 1.165) is 171 Å². The molecule has 0 aromatic heterocycles. The lowest BCUT2D eigenvalue weighted by Gasteiger charge is -2.31. The van der Waals surface area contributed by atoms with Crippen molar-refractivity contribution >= 4 is 44.9 Å². The second-order valence-corrected chi connectivity index (χ2v) is 18.4. The summed E-state index contributed by atoms with van der Waals surface area (Å²) in [4.78, 5) is 4.71. The van der Waals surface area contributed by atoms with E-state index in [-0.39, 0.29) is 25.2 Å². The van der Waals surface area contributed by atoms with Crippen LogP contribution in [0.1, 0.15) is 99.3 Å². The van der Waals surface area contributed by atoms with E-state index in [1.54, 1.807) is 0 Å². The van der Waals surface area contributed by atoms with Crippen LogP contribution in [0.25, 0.3) is 10.8 Å². The van der Waals surface area contributed by atoms with Crippen LogP contribution in [0.2, 0.25) is 0 Å². The van der Waals surface area contributed by atoms with E-state index >= 15 is 0 Å². The van der Waals surface area contributed by atoms with Crippen LogP contribution in [0.5, 0.6) is 0 Å². The average molecular weight is 919 g/mol. The van der Waals surface area contributed by atoms with Gasteiger partial charge in [0.05, 0.1) is 37.8 Å². The van der Waals surface area contributed by atoms with Gasteiger partial charge in [-0.25, -0.2) is 0 Å². The third-order valence-electron chi connectivity index (χ3n) is 13.4. The number of hydrogen-bond acceptors (Lipinski definition) is 10. The van der Waals surface area contributed by atoms with Gasteiger partial charge in [-0.3, -0.25) is 0 Å². The van der Waals surface area contributed by atoms with Crippen molar-refractivity contribution in [3.05, 3.63) is 156 Å². The summed E-state index contributed by atoms with van der Waals surface area (Å²) < 4.78 is 48.2. The first-order valence-electron chi connectivity index (χ1n) is 25.1. The van der Waals surface area contributed by atoms with Gasteiger partial charge in [0.15, 0.2) is 25.2 Å². The molecule has 4 heterocycles. The molecule has 356 valence electrons. The Kier molecular flexibility index (Phi) is 16.1. The van der Waals surface area contributed by atoms with Crippen molar-refractivity contribution in [2.75, 3.05) is 36.2 Å². The zero-order chi connectivity index (χ0) is 45.7. The summed E-state index contributed by atoms with van der Waals surface area (Å²) in [6.07, 6.45) is 12.1. The molecule has 68 heavy (non-hydrogen) atoms. The van der Waals surface area contributed by atoms with Gasteiger partial charge in [0, 0.05) is 59.9 Å². The van der Waals surface area contributed by atoms with Crippen molar-refractivity contribution in [3.8, 4) is 0 Å². The van der Waals surface area contributed by atoms with E-state index in [1.807, 2.05) is 0 Å². The molecule has 6 aromatic rings. The highest BCUT2D eigenvalue weighted by molar-refractivity contribution is 6.07. The molecule has 0 N–H and O–H groups in total. The molecule has 0 radical (unpaired) electrons. The van der Waals surface area contributed by atoms with Gasteiger partial charge in [-0.2, -0.15) is 0 Å². The molecule has 4 saturated heterocycles. The molecule has 0 aliphatic carbocycles. The van der Waals surface area contributed by atoms with Crippen LogP contribution in [-0.4, -0.2) is 51.6 Å². The van der Waals surface area contributed by atoms with Crippen molar-refractivity contribution in [2.24, 2.45) is 0 Å². The molecule has 0 bridgehead atoms. The van der Waals surface area contributed by atoms with Crippen molar-refractivity contribution < 1.29 is 37.9 Å². The molecule has 0 spiro atoms. The molecule has 4 fully saturated rings. The minimum Gasteiger partial charge on any atom is -0.353 e. The van der Waals surface area contributed by atoms with Crippen LogP contribution in [0.4, 0.5) is 34.1 Å². The molecule has 10 nitrogen and oxygen atoms in total. The Hall–Kier alpha value is -5.14. The molecule has 10 rings (SSSR count). The van der Waals surface area contributed by atoms with Crippen molar-refractivity contribution in [2.45, 2.75) is 129 Å². The molecule has 0 saturated carbocycles. The first kappa shape index (κ1) is 46.6. The fraction of sp³-hybridized carbons (Fsp3) is 0.414. The highest BCUT2D eigenvalue weighted by Gasteiger charge is 2.23. The summed E-state index contributed by atoms with van der Waals surface area (Å²) in [5.41, 5.74) is 10.8. The lowest BCUT2D eigenvalue weighted by Crippen LogP contribution is -2.22. The number of nitrogens with zero attached hydrogens (tertiary/aromatic N) is 2. The van der Waals surface area contributed by atoms with E-state index < -0.39 is 0 Å². The van der Waals surface area contributed by atoms with Gasteiger partial charge in [-0.05, 0) is 160 Å². The monoisotopic (exact) mass is 918 g/mol. The molecule has 0 amide bonds. The van der Waals surface area contributed by atoms with E-state index in [4.69, 9.17) is 37.9 Å². The Morgan fingerprint density at radius 1 is 0.324 bits per heavy atom. The van der Waals surface area contributed by atoms with Crippen LogP contribution in [0.15, 0.2) is 133 Å². The predicted octanol–water partition coefficient (Wildman–Crippen LogP) is 14.0. The Labute approximate surface area is 402 Å². The lowest BCUT2D eigenvalue weighted by molar-refractivity contribution is -0.169. The van der Waals surface area contributed by atoms with E-state index in [0.29, 0.717) is 26.4 Å². The SMILES string of the molecule is c1ccc2c(N(c3ccc(COC4CCCCO4)cc3)c3ccc(COC4CCCCO4)cc3)ccc(N(c3ccc(COC4CCCCO4)cc3)c3ccc(COC4CCCCO4)cc3)c2c1. The average Bonchev–Trinajstić information content (AvgIpc) is 3.41. The van der Waals surface area contributed by atoms with E-state index in [2.05, 4.69) is 143 Å². The third kappa shape index (κ3) is 12.0. The summed E-state index contributed by atoms with van der Waals surface area (Å²) in [6, 6.07) is 48.2. The number of benzene rings is 6. The first-order chi connectivity index (χ1) is 33.7. The normalized spacial score (nSPS) is 21.1. The molecular formula is C58H66N2O8. The Balaban J connectivity index is 0.982. The number of fused-ring (bicyclic) bond motifs is 1. The Morgan fingerprint density at radius 2 is 0.588 bits per heavy atom. The largest absolute Gasteiger partial charge is 0.353 e. The third-order valence-corrected chi connectivity index (χ3v) is 13.4. The zero-order valence-electron chi connectivity index (χ0n) is 39.3. The lowest BCUT2D eigenvalue weighted by atomic mass is 10.0. The van der Waals surface area contributed by atoms with Gasteiger partial charge in [0.2, 0.25) is 0 Å². The maximum atomic E-state index is 6.19. The molecule has 4 aliphatic heterocycles. The van der Waals surface area contributed by atoms with Gasteiger partial charge in [0.1, 0.15) is 0 Å². The molecule has 4 atom stereocenters. The fourth-order valence-corrected chi connectivity index (χ4v) is 9.60. The summed E-state index contributed by atoms with van der Waals surface area (Å²) in [5.74, 6) is 0. The second-order valence-electron chi connectivity index (χ2n) is 18.4. The number of ether oxygens (including phenoxy) is 8. The predicted molar refractivity (Wildman–Crippen MR) is 267 cm³/mol. The van der Waals surface area contributed by atoms with E-state index in [1.165, 1.54) is 0 Å². The molecule has 10 heteroatoms. The molecule has 6 aromatic carbocycles. The summed E-state index contributed by atoms with van der Waals surface area (Å²) in [5, 5.41) is 2.24. The highest BCUT2D eigenvalue weighted by Crippen LogP contribution is 2.45. The van der Waals surface area contributed by atoms with E-state index in [9.17, 15) is 0 Å². The van der Waals surface area contributed by atoms with Gasteiger partial charge in [0.25, 0.3) is 0 Å². The standard InChI is InChI=1S/C58H66N2O8/c1-2-12-52-51(11-1)53(59(47-25-17-43(18-26-47)39-65-55-13-3-7-35-61-55)48-27-19-44(20-28-48)40-66-56-14-4-8-36-62-56)33-34-54(52)60(49-29-21-45(22-30-49)41-67-57-15-5-9-37-63-57)50-31-23-46(24-32-50)42-68-58-16-6-10-38-64-58/h1-2,11-12,17-34,55-58H,3-10,13-16,35-42H2. The minimum absolute atomic E-state index is 0.141. The van der Waals surface area contributed by atoms with Crippen LogP contribution < -0.4 is 9.80 Å². The van der Waals surface area contributed by atoms with Crippen molar-refractivity contribution in [1.82, 2.24) is 0 Å². The first-order valence-corrected chi connectivity index (χ1v) is 25.1. The number of rotatable bonds is 18. The fourth-order valence-electron chi connectivity index (χ4n) is 9.60. The maximum absolute atomic E-state index is 6.19. The van der Waals surface area contributed by atoms with Gasteiger partial charge in [-0.15, -0.1) is 0 Å². The van der Waals surface area contributed by atoms with Crippen LogP contribution in [-0.2, 0) is 64.3 Å². The maximum Gasteiger partial charge on any atom is 0.158 e. The molecule has 4 aliphatic rings. The van der Waals surface area contributed by atoms with Crippen LogP contribution in [0.3, 0.4) is 0 Å². The van der Waals surface area contributed by atoms with Crippen LogP contribution >= 0.6 is 0 Å². The number of hydrogen-bond donors (Lipinski definition) is 0. The molecule has 4 unspecified atom stereocenters. The van der Waals surface area contributed by atoms with Gasteiger partial charge >= 0.3 is 0 Å². The van der Waals surface area contributed by atoms with Gasteiger partial charge in [-0.1, -0.05) is 72.8 Å². The molecular weight excluding hydrogens is 853 g/mol. The number of anilines is 6. The summed E-state index contributed by atoms with van der Waals surface area (Å²) in [6.45, 7) is 5.07. The smallest absolute Gasteiger partial charge is 0.158 e. The summed E-state index contributed by atoms with van der Waals surface area (Å²) >= 11 is 0. The Bertz CT molecular complexity index is 2150. The van der Waals surface area contributed by atoms with Crippen molar-refractivity contribution in [3.63, 3.8) is 0 Å². The van der Waals surface area contributed by atoms with Crippen molar-refractivity contribution in [1.29, 1.82) is 0 Å². The Morgan fingerprint density at radius 3 is 0.824 bits per heavy atom. The highest BCUT2D eigenvalue weighted by atomic mass is 16.7. The second kappa shape index (κ2) is 23.4. The summed E-state index contributed by atoms with van der Waals surface area (Å²) in [7, 11) is 0. The minimum atomic E-state index is -0.141. The van der Waals surface area contributed by atoms with Crippen LogP contribution in [0, 0.1) is 0 Å². The topological polar surface area (TPSA) is 80.3 Å².